The van der Waals surface area contributed by atoms with Crippen molar-refractivity contribution in [1.29, 1.82) is 0 Å². The predicted octanol–water partition coefficient (Wildman–Crippen LogP) is -0.177. The van der Waals surface area contributed by atoms with Crippen LogP contribution in [0.25, 0.3) is 0 Å². The van der Waals surface area contributed by atoms with Crippen molar-refractivity contribution >= 4 is 23.6 Å². The summed E-state index contributed by atoms with van der Waals surface area (Å²) in [6.45, 7) is 0. The first-order chi connectivity index (χ1) is 9.58. The SMILES string of the molecule is O=C1CC[C@@H](N2C(=O)[C@@H]3[C@H]4CC[C@@H](C4)[C@H]3C2=O)C(=O)N1. The lowest BCUT2D eigenvalue weighted by atomic mass is 9.81. The Morgan fingerprint density at radius 3 is 2.05 bits per heavy atom. The number of carbonyl (C=O) groups is 4. The minimum Gasteiger partial charge on any atom is -0.295 e. The van der Waals surface area contributed by atoms with E-state index >= 15 is 0 Å². The lowest BCUT2D eigenvalue weighted by Gasteiger charge is -2.29. The van der Waals surface area contributed by atoms with E-state index in [2.05, 4.69) is 5.32 Å². The number of imide groups is 2. The number of piperidine rings is 1. The average molecular weight is 276 g/mol. The average Bonchev–Trinajstić information content (AvgIpc) is 3.06. The number of hydrogen-bond acceptors (Lipinski definition) is 4. The Morgan fingerprint density at radius 2 is 1.50 bits per heavy atom. The number of amides is 4. The minimum absolute atomic E-state index is 0.179. The fourth-order valence-corrected chi connectivity index (χ4v) is 4.67. The molecule has 20 heavy (non-hydrogen) atoms. The van der Waals surface area contributed by atoms with Gasteiger partial charge in [-0.1, -0.05) is 0 Å². The molecular formula is C14H16N2O4. The number of hydrogen-bond donors (Lipinski definition) is 1. The monoisotopic (exact) mass is 276 g/mol. The summed E-state index contributed by atoms with van der Waals surface area (Å²) in [6, 6.07) is -0.780. The third-order valence-corrected chi connectivity index (χ3v) is 5.48. The predicted molar refractivity (Wildman–Crippen MR) is 65.8 cm³/mol. The molecule has 0 spiro atoms. The van der Waals surface area contributed by atoms with Crippen molar-refractivity contribution in [2.24, 2.45) is 23.7 Å². The summed E-state index contributed by atoms with van der Waals surface area (Å²) in [7, 11) is 0. The zero-order chi connectivity index (χ0) is 14.0. The first-order valence-electron chi connectivity index (χ1n) is 7.28. The van der Waals surface area contributed by atoms with Gasteiger partial charge in [0.2, 0.25) is 23.6 Å². The first kappa shape index (κ1) is 12.1. The Balaban J connectivity index is 1.64. The standard InChI is InChI=1S/C14H16N2O4/c17-9-4-3-8(12(18)15-9)16-13(19)10-6-1-2-7(5-6)11(10)14(16)20/h6-8,10-11H,1-5H2,(H,15,17,18)/t6-,7-,8+,10+,11+/m0/s1. The quantitative estimate of drug-likeness (QED) is 0.674. The van der Waals surface area contributed by atoms with Gasteiger partial charge in [-0.05, 0) is 37.5 Å². The van der Waals surface area contributed by atoms with Crippen LogP contribution in [0, 0.1) is 23.7 Å². The Morgan fingerprint density at radius 1 is 0.900 bits per heavy atom. The molecule has 0 unspecified atom stereocenters. The molecule has 106 valence electrons. The normalized spacial score (nSPS) is 43.2. The van der Waals surface area contributed by atoms with Gasteiger partial charge < -0.3 is 0 Å². The van der Waals surface area contributed by atoms with Crippen molar-refractivity contribution in [2.45, 2.75) is 38.1 Å². The fourth-order valence-electron chi connectivity index (χ4n) is 4.67. The van der Waals surface area contributed by atoms with Gasteiger partial charge in [0.1, 0.15) is 6.04 Å². The Labute approximate surface area is 115 Å². The van der Waals surface area contributed by atoms with Crippen LogP contribution in [0.3, 0.4) is 0 Å². The highest BCUT2D eigenvalue weighted by atomic mass is 16.2. The molecule has 0 aromatic heterocycles. The first-order valence-corrected chi connectivity index (χ1v) is 7.28. The molecule has 4 amide bonds. The molecule has 2 saturated heterocycles. The molecule has 4 rings (SSSR count). The maximum atomic E-state index is 12.6. The van der Waals surface area contributed by atoms with Gasteiger partial charge in [-0.3, -0.25) is 29.4 Å². The Kier molecular flexibility index (Phi) is 2.35. The van der Waals surface area contributed by atoms with Gasteiger partial charge in [0.15, 0.2) is 0 Å². The zero-order valence-corrected chi connectivity index (χ0v) is 11.0. The van der Waals surface area contributed by atoms with Crippen molar-refractivity contribution in [3.8, 4) is 0 Å². The van der Waals surface area contributed by atoms with E-state index in [9.17, 15) is 19.2 Å². The molecule has 6 nitrogen and oxygen atoms in total. The summed E-state index contributed by atoms with van der Waals surface area (Å²) < 4.78 is 0. The highest BCUT2D eigenvalue weighted by molar-refractivity contribution is 6.11. The molecule has 6 heteroatoms. The molecule has 2 aliphatic heterocycles. The van der Waals surface area contributed by atoms with Crippen molar-refractivity contribution < 1.29 is 19.2 Å². The molecule has 0 aromatic rings. The number of nitrogens with one attached hydrogen (secondary N) is 1. The van der Waals surface area contributed by atoms with Gasteiger partial charge in [-0.2, -0.15) is 0 Å². The smallest absolute Gasteiger partial charge is 0.249 e. The topological polar surface area (TPSA) is 83.6 Å². The van der Waals surface area contributed by atoms with E-state index in [4.69, 9.17) is 0 Å². The van der Waals surface area contributed by atoms with Crippen molar-refractivity contribution in [3.63, 3.8) is 0 Å². The van der Waals surface area contributed by atoms with Crippen LogP contribution < -0.4 is 5.32 Å². The third kappa shape index (κ3) is 1.39. The van der Waals surface area contributed by atoms with E-state index in [1.807, 2.05) is 0 Å². The molecule has 5 atom stereocenters. The molecule has 1 N–H and O–H groups in total. The number of nitrogens with zero attached hydrogens (tertiary/aromatic N) is 1. The Hall–Kier alpha value is -1.72. The second-order valence-electron chi connectivity index (χ2n) is 6.40. The number of rotatable bonds is 1. The van der Waals surface area contributed by atoms with Crippen LogP contribution in [0.2, 0.25) is 0 Å². The largest absolute Gasteiger partial charge is 0.295 e. The molecular weight excluding hydrogens is 260 g/mol. The molecule has 2 aliphatic carbocycles. The summed E-state index contributed by atoms with van der Waals surface area (Å²) in [6.07, 6.45) is 3.48. The van der Waals surface area contributed by atoms with Gasteiger partial charge >= 0.3 is 0 Å². The fraction of sp³-hybridized carbons (Fsp3) is 0.714. The van der Waals surface area contributed by atoms with Gasteiger partial charge in [0.25, 0.3) is 0 Å². The summed E-state index contributed by atoms with van der Waals surface area (Å²) in [5.41, 5.74) is 0. The number of likely N-dealkylation sites (tertiary alicyclic amines) is 1. The lowest BCUT2D eigenvalue weighted by Crippen LogP contribution is -2.54. The molecule has 4 aliphatic rings. The van der Waals surface area contributed by atoms with Crippen LogP contribution >= 0.6 is 0 Å². The van der Waals surface area contributed by atoms with Crippen molar-refractivity contribution in [1.82, 2.24) is 10.2 Å². The molecule has 2 heterocycles. The van der Waals surface area contributed by atoms with Crippen LogP contribution in [-0.2, 0) is 19.2 Å². The van der Waals surface area contributed by atoms with Gasteiger partial charge in [0, 0.05) is 6.42 Å². The maximum absolute atomic E-state index is 12.6. The van der Waals surface area contributed by atoms with E-state index < -0.39 is 11.9 Å². The van der Waals surface area contributed by atoms with E-state index in [-0.39, 0.29) is 42.4 Å². The van der Waals surface area contributed by atoms with Crippen LogP contribution in [-0.4, -0.2) is 34.6 Å². The van der Waals surface area contributed by atoms with Crippen LogP contribution in [0.15, 0.2) is 0 Å². The molecule has 2 bridgehead atoms. The maximum Gasteiger partial charge on any atom is 0.249 e. The molecule has 4 fully saturated rings. The third-order valence-electron chi connectivity index (χ3n) is 5.48. The lowest BCUT2D eigenvalue weighted by molar-refractivity contribution is -0.152. The minimum atomic E-state index is -0.780. The summed E-state index contributed by atoms with van der Waals surface area (Å²) in [5.74, 6) is -0.956. The molecule has 0 aromatic carbocycles. The number of carbonyl (C=O) groups excluding carboxylic acids is 4. The zero-order valence-electron chi connectivity index (χ0n) is 11.0. The van der Waals surface area contributed by atoms with E-state index in [1.54, 1.807) is 0 Å². The van der Waals surface area contributed by atoms with Crippen LogP contribution in [0.4, 0.5) is 0 Å². The molecule has 2 saturated carbocycles. The van der Waals surface area contributed by atoms with Gasteiger partial charge in [0.05, 0.1) is 11.8 Å². The van der Waals surface area contributed by atoms with Gasteiger partial charge in [-0.15, -0.1) is 0 Å². The number of fused-ring (bicyclic) bond motifs is 5. The Bertz CT molecular complexity index is 515. The summed E-state index contributed by atoms with van der Waals surface area (Å²) in [4.78, 5) is 49.4. The second kappa shape index (κ2) is 3.90. The summed E-state index contributed by atoms with van der Waals surface area (Å²) >= 11 is 0. The highest BCUT2D eigenvalue weighted by Gasteiger charge is 2.62. The molecule has 0 radical (unpaired) electrons. The summed E-state index contributed by atoms with van der Waals surface area (Å²) in [5, 5.41) is 2.23. The van der Waals surface area contributed by atoms with Gasteiger partial charge in [-0.25, -0.2) is 0 Å². The van der Waals surface area contributed by atoms with E-state index in [0.717, 1.165) is 19.3 Å². The second-order valence-corrected chi connectivity index (χ2v) is 6.40. The van der Waals surface area contributed by atoms with Crippen LogP contribution in [0.1, 0.15) is 32.1 Å². The van der Waals surface area contributed by atoms with Crippen LogP contribution in [0.5, 0.6) is 0 Å². The van der Waals surface area contributed by atoms with Crippen molar-refractivity contribution in [2.75, 3.05) is 0 Å². The van der Waals surface area contributed by atoms with E-state index in [1.165, 1.54) is 4.90 Å². The highest BCUT2D eigenvalue weighted by Crippen LogP contribution is 2.56. The van der Waals surface area contributed by atoms with E-state index in [0.29, 0.717) is 11.8 Å². The van der Waals surface area contributed by atoms with Crippen molar-refractivity contribution in [3.05, 3.63) is 0 Å².